The number of alkyl halides is 2. The fourth-order valence-electron chi connectivity index (χ4n) is 2.12. The number of carbonyl (C=O) groups is 2. The number of nitrogens with zero attached hydrogens (tertiary/aromatic N) is 1. The van der Waals surface area contributed by atoms with Gasteiger partial charge in [0.2, 0.25) is 0 Å². The van der Waals surface area contributed by atoms with Gasteiger partial charge in [0.05, 0.1) is 7.11 Å². The normalized spacial score (nSPS) is 10.9. The molecule has 0 aliphatic carbocycles. The van der Waals surface area contributed by atoms with Gasteiger partial charge in [0, 0.05) is 5.56 Å². The third-order valence-electron chi connectivity index (χ3n) is 3.50. The van der Waals surface area contributed by atoms with Crippen molar-refractivity contribution in [3.05, 3.63) is 65.2 Å². The highest BCUT2D eigenvalue weighted by Gasteiger charge is 2.15. The first-order chi connectivity index (χ1) is 13.4. The van der Waals surface area contributed by atoms with Crippen molar-refractivity contribution in [2.24, 2.45) is 0 Å². The van der Waals surface area contributed by atoms with Gasteiger partial charge in [-0.05, 0) is 48.0 Å². The molecule has 0 bridgehead atoms. The lowest BCUT2D eigenvalue weighted by Crippen LogP contribution is -2.15. The fraction of sp³-hybridized carbons (Fsp3) is 0.150. The smallest absolute Gasteiger partial charge is 0.387 e. The van der Waals surface area contributed by atoms with Crippen molar-refractivity contribution < 1.29 is 32.6 Å². The van der Waals surface area contributed by atoms with Gasteiger partial charge in [-0.15, -0.1) is 0 Å². The average molecular weight is 387 g/mol. The number of halogens is 2. The van der Waals surface area contributed by atoms with E-state index in [0.717, 1.165) is 0 Å². The second-order valence-corrected chi connectivity index (χ2v) is 5.35. The van der Waals surface area contributed by atoms with Crippen LogP contribution in [-0.2, 0) is 9.53 Å². The van der Waals surface area contributed by atoms with E-state index in [4.69, 9.17) is 14.7 Å². The molecule has 0 spiro atoms. The number of nitriles is 1. The van der Waals surface area contributed by atoms with Crippen molar-refractivity contribution in [3.63, 3.8) is 0 Å². The summed E-state index contributed by atoms with van der Waals surface area (Å²) in [4.78, 5) is 24.1. The topological polar surface area (TPSA) is 85.6 Å². The molecule has 2 rings (SSSR count). The molecule has 0 aromatic heterocycles. The third-order valence-corrected chi connectivity index (χ3v) is 3.50. The molecule has 144 valence electrons. The third kappa shape index (κ3) is 5.92. The number of hydrogen-bond acceptors (Lipinski definition) is 6. The molecule has 0 radical (unpaired) electrons. The summed E-state index contributed by atoms with van der Waals surface area (Å²) in [7, 11) is 1.51. The minimum absolute atomic E-state index is 0.0993. The molecular formula is C20H15F2NO5. The molecule has 0 heterocycles. The van der Waals surface area contributed by atoms with Crippen LogP contribution >= 0.6 is 0 Å². The van der Waals surface area contributed by atoms with Crippen molar-refractivity contribution in [1.29, 1.82) is 5.26 Å². The van der Waals surface area contributed by atoms with Gasteiger partial charge >= 0.3 is 12.6 Å². The first kappa shape index (κ1) is 20.6. The SMILES string of the molecule is COc1ccc(/C=C(\C#N)C(=O)OCC(=O)c2ccc(OC(F)F)cc2)cc1. The summed E-state index contributed by atoms with van der Waals surface area (Å²) in [5, 5.41) is 9.14. The Kier molecular flexibility index (Phi) is 7.22. The van der Waals surface area contributed by atoms with E-state index >= 15 is 0 Å². The van der Waals surface area contributed by atoms with Crippen LogP contribution in [-0.4, -0.2) is 32.1 Å². The van der Waals surface area contributed by atoms with E-state index in [1.54, 1.807) is 30.3 Å². The summed E-state index contributed by atoms with van der Waals surface area (Å²) in [6, 6.07) is 13.3. The molecule has 6 nitrogen and oxygen atoms in total. The summed E-state index contributed by atoms with van der Waals surface area (Å²) in [6.45, 7) is -3.57. The summed E-state index contributed by atoms with van der Waals surface area (Å²) in [5.41, 5.74) is 0.445. The maximum atomic E-state index is 12.1. The molecule has 0 aliphatic heterocycles. The lowest BCUT2D eigenvalue weighted by Gasteiger charge is -2.06. The summed E-state index contributed by atoms with van der Waals surface area (Å²) < 4.78 is 38.3. The van der Waals surface area contributed by atoms with Crippen LogP contribution in [0.25, 0.3) is 6.08 Å². The van der Waals surface area contributed by atoms with Crippen molar-refractivity contribution in [2.75, 3.05) is 13.7 Å². The van der Waals surface area contributed by atoms with Crippen molar-refractivity contribution >= 4 is 17.8 Å². The molecular weight excluding hydrogens is 372 g/mol. The highest BCUT2D eigenvalue weighted by Crippen LogP contribution is 2.16. The molecule has 28 heavy (non-hydrogen) atoms. The molecule has 0 aliphatic rings. The Morgan fingerprint density at radius 3 is 2.21 bits per heavy atom. The summed E-state index contributed by atoms with van der Waals surface area (Å²) >= 11 is 0. The first-order valence-corrected chi connectivity index (χ1v) is 7.94. The number of ether oxygens (including phenoxy) is 3. The zero-order chi connectivity index (χ0) is 20.5. The number of Topliss-reactive ketones (excluding diaryl/α,β-unsaturated/α-hetero) is 1. The van der Waals surface area contributed by atoms with E-state index in [1.807, 2.05) is 0 Å². The van der Waals surface area contributed by atoms with Gasteiger partial charge in [-0.25, -0.2) is 4.79 Å². The molecule has 0 fully saturated rings. The van der Waals surface area contributed by atoms with Crippen molar-refractivity contribution in [1.82, 2.24) is 0 Å². The van der Waals surface area contributed by atoms with Gasteiger partial charge in [-0.3, -0.25) is 4.79 Å². The summed E-state index contributed by atoms with van der Waals surface area (Å²) in [5.74, 6) is -0.991. The number of rotatable bonds is 8. The number of esters is 1. The molecule has 0 atom stereocenters. The van der Waals surface area contributed by atoms with Crippen LogP contribution in [0.5, 0.6) is 11.5 Å². The molecule has 0 N–H and O–H groups in total. The monoisotopic (exact) mass is 387 g/mol. The second-order valence-electron chi connectivity index (χ2n) is 5.35. The fourth-order valence-corrected chi connectivity index (χ4v) is 2.12. The molecule has 8 heteroatoms. The first-order valence-electron chi connectivity index (χ1n) is 7.94. The van der Waals surface area contributed by atoms with E-state index in [1.165, 1.54) is 37.5 Å². The molecule has 0 amide bonds. The van der Waals surface area contributed by atoms with E-state index in [9.17, 15) is 18.4 Å². The highest BCUT2D eigenvalue weighted by atomic mass is 19.3. The Morgan fingerprint density at radius 2 is 1.68 bits per heavy atom. The van der Waals surface area contributed by atoms with Crippen LogP contribution in [0.3, 0.4) is 0 Å². The van der Waals surface area contributed by atoms with E-state index in [0.29, 0.717) is 11.3 Å². The number of ketones is 1. The Balaban J connectivity index is 1.97. The number of methoxy groups -OCH3 is 1. The maximum absolute atomic E-state index is 12.1. The molecule has 0 saturated carbocycles. The maximum Gasteiger partial charge on any atom is 0.387 e. The van der Waals surface area contributed by atoms with Crippen molar-refractivity contribution in [3.8, 4) is 17.6 Å². The van der Waals surface area contributed by atoms with Gasteiger partial charge in [-0.2, -0.15) is 14.0 Å². The highest BCUT2D eigenvalue weighted by molar-refractivity contribution is 6.01. The van der Waals surface area contributed by atoms with E-state index < -0.39 is 25.0 Å². The van der Waals surface area contributed by atoms with Crippen molar-refractivity contribution in [2.45, 2.75) is 6.61 Å². The van der Waals surface area contributed by atoms with Crippen LogP contribution in [0.4, 0.5) is 8.78 Å². The van der Waals surface area contributed by atoms with Gasteiger partial charge < -0.3 is 14.2 Å². The standard InChI is InChI=1S/C20H15F2NO5/c1-26-16-6-2-13(3-7-16)10-15(11-23)19(25)27-12-18(24)14-4-8-17(9-5-14)28-20(21)22/h2-10,20H,12H2,1H3/b15-10+. The zero-order valence-electron chi connectivity index (χ0n) is 14.7. The lowest BCUT2D eigenvalue weighted by atomic mass is 10.1. The van der Waals surface area contributed by atoms with Gasteiger partial charge in [-0.1, -0.05) is 12.1 Å². The molecule has 0 unspecified atom stereocenters. The molecule has 2 aromatic rings. The van der Waals surface area contributed by atoms with Gasteiger partial charge in [0.1, 0.15) is 23.1 Å². The second kappa shape index (κ2) is 9.83. The predicted molar refractivity (Wildman–Crippen MR) is 94.9 cm³/mol. The Morgan fingerprint density at radius 1 is 1.07 bits per heavy atom. The zero-order valence-corrected chi connectivity index (χ0v) is 14.7. The largest absolute Gasteiger partial charge is 0.497 e. The molecule has 2 aromatic carbocycles. The van der Waals surface area contributed by atoms with E-state index in [-0.39, 0.29) is 16.9 Å². The molecule has 0 saturated heterocycles. The number of benzene rings is 2. The minimum atomic E-state index is -2.97. The van der Waals surface area contributed by atoms with Gasteiger partial charge in [0.15, 0.2) is 12.4 Å². The van der Waals surface area contributed by atoms with Crippen LogP contribution in [0.1, 0.15) is 15.9 Å². The predicted octanol–water partition coefficient (Wildman–Crippen LogP) is 3.63. The average Bonchev–Trinajstić information content (AvgIpc) is 2.70. The Bertz CT molecular complexity index is 900. The lowest BCUT2D eigenvalue weighted by molar-refractivity contribution is -0.137. The Labute approximate surface area is 159 Å². The van der Waals surface area contributed by atoms with Crippen LogP contribution < -0.4 is 9.47 Å². The number of carbonyl (C=O) groups excluding carboxylic acids is 2. The Hall–Kier alpha value is -3.73. The van der Waals surface area contributed by atoms with Crippen LogP contribution in [0.2, 0.25) is 0 Å². The van der Waals surface area contributed by atoms with E-state index in [2.05, 4.69) is 4.74 Å². The van der Waals surface area contributed by atoms with Crippen LogP contribution in [0, 0.1) is 11.3 Å². The van der Waals surface area contributed by atoms with Gasteiger partial charge in [0.25, 0.3) is 0 Å². The quantitative estimate of drug-likeness (QED) is 0.298. The number of hydrogen-bond donors (Lipinski definition) is 0. The summed E-state index contributed by atoms with van der Waals surface area (Å²) in [6.07, 6.45) is 1.32. The van der Waals surface area contributed by atoms with Crippen LogP contribution in [0.15, 0.2) is 54.1 Å². The minimum Gasteiger partial charge on any atom is -0.497 e.